The summed E-state index contributed by atoms with van der Waals surface area (Å²) in [6, 6.07) is 10.2. The Balaban J connectivity index is 2.07. The number of hydrogen-bond acceptors (Lipinski definition) is 2. The molecule has 1 heterocycles. The van der Waals surface area contributed by atoms with Crippen molar-refractivity contribution in [3.05, 3.63) is 63.9 Å². The third kappa shape index (κ3) is 1.92. The molecular weight excluding hydrogens is 244 g/mol. The van der Waals surface area contributed by atoms with Crippen LogP contribution in [0.3, 0.4) is 0 Å². The first-order chi connectivity index (χ1) is 8.79. The van der Waals surface area contributed by atoms with Crippen molar-refractivity contribution < 1.29 is 0 Å². The van der Waals surface area contributed by atoms with Gasteiger partial charge >= 0.3 is 0 Å². The van der Waals surface area contributed by atoms with E-state index in [9.17, 15) is 0 Å². The second-order valence-corrected chi connectivity index (χ2v) is 5.12. The van der Waals surface area contributed by atoms with Crippen LogP contribution in [0.15, 0.2) is 36.5 Å². The summed E-state index contributed by atoms with van der Waals surface area (Å²) < 4.78 is 0. The molecule has 0 saturated heterocycles. The Kier molecular flexibility index (Phi) is 3.06. The average molecular weight is 259 g/mol. The maximum absolute atomic E-state index is 6.03. The van der Waals surface area contributed by atoms with Crippen molar-refractivity contribution in [3.8, 4) is 0 Å². The lowest BCUT2D eigenvalue weighted by Gasteiger charge is -2.15. The number of aryl methyl sites for hydroxylation is 1. The van der Waals surface area contributed by atoms with Crippen LogP contribution < -0.4 is 5.73 Å². The molecule has 1 aromatic heterocycles. The third-order valence-corrected chi connectivity index (χ3v) is 3.89. The van der Waals surface area contributed by atoms with Crippen LogP contribution in [0.1, 0.15) is 34.7 Å². The van der Waals surface area contributed by atoms with E-state index in [1.54, 1.807) is 0 Å². The highest BCUT2D eigenvalue weighted by molar-refractivity contribution is 6.30. The molecule has 1 aliphatic rings. The molecule has 1 unspecified atom stereocenters. The summed E-state index contributed by atoms with van der Waals surface area (Å²) in [6.45, 7) is 0.522. The van der Waals surface area contributed by atoms with E-state index in [4.69, 9.17) is 17.3 Å². The Morgan fingerprint density at radius 2 is 2.22 bits per heavy atom. The second kappa shape index (κ2) is 4.71. The Hall–Kier alpha value is -1.38. The smallest absolute Gasteiger partial charge is 0.0510 e. The standard InChI is InChI=1S/C15H15ClN2/c16-12-4-6-13(11(8-12)9-17)14-5-3-10-2-1-7-18-15(10)14/h1-2,4,6-8,14H,3,5,9,17H2. The van der Waals surface area contributed by atoms with E-state index in [0.717, 1.165) is 23.4 Å². The van der Waals surface area contributed by atoms with E-state index < -0.39 is 0 Å². The van der Waals surface area contributed by atoms with Crippen LogP contribution >= 0.6 is 11.6 Å². The van der Waals surface area contributed by atoms with Gasteiger partial charge in [0.15, 0.2) is 0 Å². The summed E-state index contributed by atoms with van der Waals surface area (Å²) in [5.41, 5.74) is 10.8. The summed E-state index contributed by atoms with van der Waals surface area (Å²) >= 11 is 6.03. The van der Waals surface area contributed by atoms with Gasteiger partial charge in [0, 0.05) is 23.7 Å². The number of nitrogens with two attached hydrogens (primary N) is 1. The zero-order valence-corrected chi connectivity index (χ0v) is 10.8. The second-order valence-electron chi connectivity index (χ2n) is 4.69. The Morgan fingerprint density at radius 1 is 1.33 bits per heavy atom. The third-order valence-electron chi connectivity index (χ3n) is 3.66. The van der Waals surface area contributed by atoms with Gasteiger partial charge in [-0.25, -0.2) is 0 Å². The fourth-order valence-corrected chi connectivity index (χ4v) is 3.00. The number of nitrogens with zero attached hydrogens (tertiary/aromatic N) is 1. The van der Waals surface area contributed by atoms with Crippen LogP contribution in [0.2, 0.25) is 5.02 Å². The van der Waals surface area contributed by atoms with E-state index >= 15 is 0 Å². The Bertz CT molecular complexity index is 580. The van der Waals surface area contributed by atoms with Gasteiger partial charge in [-0.15, -0.1) is 0 Å². The molecule has 0 saturated carbocycles. The van der Waals surface area contributed by atoms with Gasteiger partial charge < -0.3 is 5.73 Å². The van der Waals surface area contributed by atoms with E-state index in [1.807, 2.05) is 24.4 Å². The topological polar surface area (TPSA) is 38.9 Å². The molecule has 0 amide bonds. The first kappa shape index (κ1) is 11.7. The minimum Gasteiger partial charge on any atom is -0.326 e. The molecule has 0 bridgehead atoms. The zero-order valence-electron chi connectivity index (χ0n) is 10.1. The van der Waals surface area contributed by atoms with Crippen LogP contribution in [0.4, 0.5) is 0 Å². The predicted octanol–water partition coefficient (Wildman–Crippen LogP) is 3.27. The maximum Gasteiger partial charge on any atom is 0.0510 e. The van der Waals surface area contributed by atoms with Crippen LogP contribution in [0.25, 0.3) is 0 Å². The molecule has 3 rings (SSSR count). The minimum absolute atomic E-state index is 0.372. The van der Waals surface area contributed by atoms with Gasteiger partial charge in [0.05, 0.1) is 5.69 Å². The quantitative estimate of drug-likeness (QED) is 0.898. The molecule has 1 aromatic carbocycles. The van der Waals surface area contributed by atoms with Crippen LogP contribution in [0, 0.1) is 0 Å². The lowest BCUT2D eigenvalue weighted by Crippen LogP contribution is -2.06. The van der Waals surface area contributed by atoms with Crippen LogP contribution in [0.5, 0.6) is 0 Å². The van der Waals surface area contributed by atoms with E-state index in [0.29, 0.717) is 12.5 Å². The van der Waals surface area contributed by atoms with Crippen molar-refractivity contribution >= 4 is 11.6 Å². The van der Waals surface area contributed by atoms with Crippen molar-refractivity contribution in [1.29, 1.82) is 0 Å². The van der Waals surface area contributed by atoms with E-state index in [1.165, 1.54) is 16.8 Å². The maximum atomic E-state index is 6.03. The van der Waals surface area contributed by atoms with Gasteiger partial charge in [-0.3, -0.25) is 4.98 Å². The molecule has 2 aromatic rings. The number of hydrogen-bond donors (Lipinski definition) is 1. The number of rotatable bonds is 2. The number of aromatic nitrogens is 1. The highest BCUT2D eigenvalue weighted by Crippen LogP contribution is 2.38. The molecule has 0 radical (unpaired) electrons. The lowest BCUT2D eigenvalue weighted by atomic mass is 9.92. The average Bonchev–Trinajstić information content (AvgIpc) is 2.82. The Morgan fingerprint density at radius 3 is 3.06 bits per heavy atom. The molecule has 1 aliphatic carbocycles. The fraction of sp³-hybridized carbons (Fsp3) is 0.267. The molecule has 92 valence electrons. The summed E-state index contributed by atoms with van der Waals surface area (Å²) in [4.78, 5) is 4.54. The molecule has 0 spiro atoms. The molecule has 0 aliphatic heterocycles. The van der Waals surface area contributed by atoms with Gasteiger partial charge in [0.25, 0.3) is 0 Å². The summed E-state index contributed by atoms with van der Waals surface area (Å²) in [5.74, 6) is 0.372. The predicted molar refractivity (Wildman–Crippen MR) is 73.7 cm³/mol. The fourth-order valence-electron chi connectivity index (χ4n) is 2.81. The van der Waals surface area contributed by atoms with Gasteiger partial charge in [0.2, 0.25) is 0 Å². The number of fused-ring (bicyclic) bond motifs is 1. The molecular formula is C15H15ClN2. The van der Waals surface area contributed by atoms with Gasteiger partial charge in [-0.1, -0.05) is 23.7 Å². The first-order valence-electron chi connectivity index (χ1n) is 6.22. The summed E-state index contributed by atoms with van der Waals surface area (Å²) in [7, 11) is 0. The van der Waals surface area contributed by atoms with Crippen LogP contribution in [-0.2, 0) is 13.0 Å². The molecule has 2 N–H and O–H groups in total. The Labute approximate surface area is 112 Å². The zero-order chi connectivity index (χ0) is 12.5. The van der Waals surface area contributed by atoms with Crippen molar-refractivity contribution in [2.24, 2.45) is 5.73 Å². The van der Waals surface area contributed by atoms with Gasteiger partial charge in [-0.05, 0) is 47.7 Å². The number of pyridine rings is 1. The largest absolute Gasteiger partial charge is 0.326 e. The molecule has 18 heavy (non-hydrogen) atoms. The van der Waals surface area contributed by atoms with Gasteiger partial charge in [-0.2, -0.15) is 0 Å². The molecule has 3 heteroatoms. The molecule has 1 atom stereocenters. The SMILES string of the molecule is NCc1cc(Cl)ccc1C1CCc2cccnc21. The van der Waals surface area contributed by atoms with E-state index in [2.05, 4.69) is 17.1 Å². The lowest BCUT2D eigenvalue weighted by molar-refractivity contribution is 0.759. The van der Waals surface area contributed by atoms with Crippen molar-refractivity contribution in [1.82, 2.24) is 4.98 Å². The van der Waals surface area contributed by atoms with Crippen molar-refractivity contribution in [2.75, 3.05) is 0 Å². The number of benzene rings is 1. The normalized spacial score (nSPS) is 17.8. The molecule has 2 nitrogen and oxygen atoms in total. The molecule has 0 fully saturated rings. The van der Waals surface area contributed by atoms with Crippen LogP contribution in [-0.4, -0.2) is 4.98 Å². The highest BCUT2D eigenvalue weighted by Gasteiger charge is 2.26. The van der Waals surface area contributed by atoms with Crippen molar-refractivity contribution in [2.45, 2.75) is 25.3 Å². The van der Waals surface area contributed by atoms with Gasteiger partial charge in [0.1, 0.15) is 0 Å². The van der Waals surface area contributed by atoms with Crippen molar-refractivity contribution in [3.63, 3.8) is 0 Å². The summed E-state index contributed by atoms with van der Waals surface area (Å²) in [6.07, 6.45) is 4.08. The minimum atomic E-state index is 0.372. The number of halogens is 1. The highest BCUT2D eigenvalue weighted by atomic mass is 35.5. The summed E-state index contributed by atoms with van der Waals surface area (Å²) in [5, 5.41) is 0.749. The monoisotopic (exact) mass is 258 g/mol. The first-order valence-corrected chi connectivity index (χ1v) is 6.59. The van der Waals surface area contributed by atoms with E-state index in [-0.39, 0.29) is 0 Å².